The summed E-state index contributed by atoms with van der Waals surface area (Å²) in [5, 5.41) is 2.91. The molecular formula is C17H17NO2. The van der Waals surface area contributed by atoms with Gasteiger partial charge in [-0.1, -0.05) is 60.7 Å². The molecule has 1 aliphatic rings. The largest absolute Gasteiger partial charge is 0.362 e. The number of hydrogen-bond donors (Lipinski definition) is 1. The van der Waals surface area contributed by atoms with Crippen molar-refractivity contribution in [2.45, 2.75) is 25.2 Å². The van der Waals surface area contributed by atoms with Gasteiger partial charge in [0.15, 0.2) is 6.10 Å². The van der Waals surface area contributed by atoms with Gasteiger partial charge in [0, 0.05) is 0 Å². The second kappa shape index (κ2) is 5.88. The summed E-state index contributed by atoms with van der Waals surface area (Å²) in [4.78, 5) is 11.6. The predicted molar refractivity (Wildman–Crippen MR) is 77.1 cm³/mol. The minimum Gasteiger partial charge on any atom is -0.362 e. The number of hydrogen-bond acceptors (Lipinski definition) is 2. The van der Waals surface area contributed by atoms with E-state index in [1.807, 2.05) is 48.5 Å². The van der Waals surface area contributed by atoms with E-state index < -0.39 is 0 Å². The van der Waals surface area contributed by atoms with Gasteiger partial charge in [0.25, 0.3) is 5.91 Å². The van der Waals surface area contributed by atoms with Gasteiger partial charge in [-0.25, -0.2) is 0 Å². The monoisotopic (exact) mass is 267 g/mol. The minimum atomic E-state index is -0.338. The molecule has 0 spiro atoms. The van der Waals surface area contributed by atoms with Crippen LogP contribution in [0.2, 0.25) is 0 Å². The molecule has 1 N–H and O–H groups in total. The SMILES string of the molecule is O=C1N[C@@H](Cc2ccccc2)[C@H]1OCc1ccccc1. The van der Waals surface area contributed by atoms with Crippen molar-refractivity contribution in [2.75, 3.05) is 0 Å². The zero-order chi connectivity index (χ0) is 13.8. The lowest BCUT2D eigenvalue weighted by molar-refractivity contribution is -0.149. The number of rotatable bonds is 5. The van der Waals surface area contributed by atoms with Crippen molar-refractivity contribution >= 4 is 5.91 Å². The molecule has 3 nitrogen and oxygen atoms in total. The van der Waals surface area contributed by atoms with Gasteiger partial charge in [0.05, 0.1) is 12.6 Å². The van der Waals surface area contributed by atoms with Crippen molar-refractivity contribution in [3.63, 3.8) is 0 Å². The van der Waals surface area contributed by atoms with E-state index in [1.165, 1.54) is 5.56 Å². The zero-order valence-electron chi connectivity index (χ0n) is 11.2. The highest BCUT2D eigenvalue weighted by Gasteiger charge is 2.39. The summed E-state index contributed by atoms with van der Waals surface area (Å²) >= 11 is 0. The molecule has 0 bridgehead atoms. The fourth-order valence-electron chi connectivity index (χ4n) is 2.41. The molecule has 0 aromatic heterocycles. The topological polar surface area (TPSA) is 38.3 Å². The van der Waals surface area contributed by atoms with Crippen molar-refractivity contribution < 1.29 is 9.53 Å². The maximum Gasteiger partial charge on any atom is 0.251 e. The van der Waals surface area contributed by atoms with Gasteiger partial charge < -0.3 is 10.1 Å². The summed E-state index contributed by atoms with van der Waals surface area (Å²) < 4.78 is 5.75. The number of carbonyl (C=O) groups excluding carboxylic acids is 1. The van der Waals surface area contributed by atoms with E-state index >= 15 is 0 Å². The number of carbonyl (C=O) groups is 1. The first-order valence-corrected chi connectivity index (χ1v) is 6.83. The molecular weight excluding hydrogens is 250 g/mol. The molecule has 1 aliphatic heterocycles. The lowest BCUT2D eigenvalue weighted by Gasteiger charge is -2.36. The fraction of sp³-hybridized carbons (Fsp3) is 0.235. The Bertz CT molecular complexity index is 568. The Morgan fingerprint density at radius 2 is 1.50 bits per heavy atom. The van der Waals surface area contributed by atoms with Crippen LogP contribution in [0.25, 0.3) is 0 Å². The minimum absolute atomic E-state index is 0.0122. The summed E-state index contributed by atoms with van der Waals surface area (Å²) in [5.41, 5.74) is 2.30. The molecule has 3 rings (SSSR count). The van der Waals surface area contributed by atoms with Gasteiger partial charge in [-0.05, 0) is 17.5 Å². The number of ether oxygens (including phenoxy) is 1. The van der Waals surface area contributed by atoms with Crippen LogP contribution in [0, 0.1) is 0 Å². The first kappa shape index (κ1) is 12.9. The molecule has 3 heteroatoms. The molecule has 2 aromatic rings. The van der Waals surface area contributed by atoms with Crippen LogP contribution in [-0.2, 0) is 22.6 Å². The molecule has 1 heterocycles. The standard InChI is InChI=1S/C17H17NO2/c19-17-16(20-12-14-9-5-2-6-10-14)15(18-17)11-13-7-3-1-4-8-13/h1-10,15-16H,11-12H2,(H,18,19)/t15-,16+/m0/s1. The number of nitrogens with one attached hydrogen (secondary N) is 1. The normalized spacial score (nSPS) is 21.1. The smallest absolute Gasteiger partial charge is 0.251 e. The Morgan fingerprint density at radius 3 is 2.10 bits per heavy atom. The van der Waals surface area contributed by atoms with E-state index in [9.17, 15) is 4.79 Å². The molecule has 1 amide bonds. The number of amides is 1. The average molecular weight is 267 g/mol. The number of β-lactam (4-membered cyclic amide) rings is 1. The summed E-state index contributed by atoms with van der Waals surface area (Å²) in [6, 6.07) is 20.1. The average Bonchev–Trinajstić information content (AvgIpc) is 2.49. The maximum atomic E-state index is 11.6. The third-order valence-corrected chi connectivity index (χ3v) is 3.52. The van der Waals surface area contributed by atoms with Crippen molar-refractivity contribution in [2.24, 2.45) is 0 Å². The maximum absolute atomic E-state index is 11.6. The van der Waals surface area contributed by atoms with Crippen LogP contribution in [0.4, 0.5) is 0 Å². The summed E-state index contributed by atoms with van der Waals surface area (Å²) in [7, 11) is 0. The molecule has 0 radical (unpaired) electrons. The highest BCUT2D eigenvalue weighted by molar-refractivity contribution is 5.88. The van der Waals surface area contributed by atoms with Crippen LogP contribution in [0.3, 0.4) is 0 Å². The first-order valence-electron chi connectivity index (χ1n) is 6.83. The second-order valence-electron chi connectivity index (χ2n) is 5.02. The van der Waals surface area contributed by atoms with E-state index in [4.69, 9.17) is 4.74 Å². The fourth-order valence-corrected chi connectivity index (χ4v) is 2.41. The van der Waals surface area contributed by atoms with Crippen LogP contribution < -0.4 is 5.32 Å². The lowest BCUT2D eigenvalue weighted by Crippen LogP contribution is -2.64. The van der Waals surface area contributed by atoms with E-state index in [-0.39, 0.29) is 18.1 Å². The van der Waals surface area contributed by atoms with E-state index in [2.05, 4.69) is 17.4 Å². The molecule has 0 unspecified atom stereocenters. The number of benzene rings is 2. The molecule has 2 aromatic carbocycles. The van der Waals surface area contributed by atoms with Crippen molar-refractivity contribution in [1.29, 1.82) is 0 Å². The highest BCUT2D eigenvalue weighted by Crippen LogP contribution is 2.17. The van der Waals surface area contributed by atoms with Gasteiger partial charge >= 0.3 is 0 Å². The molecule has 2 atom stereocenters. The van der Waals surface area contributed by atoms with E-state index in [1.54, 1.807) is 0 Å². The Hall–Kier alpha value is -2.13. The van der Waals surface area contributed by atoms with Crippen molar-refractivity contribution in [3.8, 4) is 0 Å². The van der Waals surface area contributed by atoms with Crippen molar-refractivity contribution in [3.05, 3.63) is 71.8 Å². The molecule has 102 valence electrons. The summed E-state index contributed by atoms with van der Waals surface area (Å²) in [5.74, 6) is -0.0122. The first-order chi connectivity index (χ1) is 9.83. The molecule has 0 aliphatic carbocycles. The van der Waals surface area contributed by atoms with Crippen LogP contribution in [0.1, 0.15) is 11.1 Å². The van der Waals surface area contributed by atoms with Gasteiger partial charge in [-0.2, -0.15) is 0 Å². The highest BCUT2D eigenvalue weighted by atomic mass is 16.5. The van der Waals surface area contributed by atoms with Gasteiger partial charge in [0.1, 0.15) is 0 Å². The van der Waals surface area contributed by atoms with Crippen LogP contribution >= 0.6 is 0 Å². The van der Waals surface area contributed by atoms with Crippen LogP contribution in [-0.4, -0.2) is 18.1 Å². The molecule has 1 saturated heterocycles. The van der Waals surface area contributed by atoms with Gasteiger partial charge in [-0.15, -0.1) is 0 Å². The van der Waals surface area contributed by atoms with Crippen LogP contribution in [0.5, 0.6) is 0 Å². The van der Waals surface area contributed by atoms with E-state index in [0.29, 0.717) is 6.61 Å². The van der Waals surface area contributed by atoms with Crippen LogP contribution in [0.15, 0.2) is 60.7 Å². The Labute approximate surface area is 118 Å². The molecule has 20 heavy (non-hydrogen) atoms. The summed E-state index contributed by atoms with van der Waals surface area (Å²) in [6.45, 7) is 0.476. The molecule has 1 fully saturated rings. The predicted octanol–water partition coefficient (Wildman–Crippen LogP) is 2.31. The quantitative estimate of drug-likeness (QED) is 0.844. The summed E-state index contributed by atoms with van der Waals surface area (Å²) in [6.07, 6.45) is 0.474. The Kier molecular flexibility index (Phi) is 3.79. The zero-order valence-corrected chi connectivity index (χ0v) is 11.2. The molecule has 0 saturated carbocycles. The van der Waals surface area contributed by atoms with E-state index in [0.717, 1.165) is 12.0 Å². The second-order valence-corrected chi connectivity index (χ2v) is 5.02. The van der Waals surface area contributed by atoms with Gasteiger partial charge in [-0.3, -0.25) is 4.79 Å². The lowest BCUT2D eigenvalue weighted by atomic mass is 9.94. The Balaban J connectivity index is 1.57. The Morgan fingerprint density at radius 1 is 0.900 bits per heavy atom. The van der Waals surface area contributed by atoms with Gasteiger partial charge in [0.2, 0.25) is 0 Å². The third-order valence-electron chi connectivity index (χ3n) is 3.52. The third kappa shape index (κ3) is 2.89. The van der Waals surface area contributed by atoms with Crippen molar-refractivity contribution in [1.82, 2.24) is 5.32 Å².